The number of hydrogen-bond donors (Lipinski definition) is 1. The Kier molecular flexibility index (Phi) is 6.77. The van der Waals surface area contributed by atoms with Crippen molar-refractivity contribution < 1.29 is 18.0 Å². The van der Waals surface area contributed by atoms with Gasteiger partial charge in [-0.2, -0.15) is 0 Å². The molecule has 30 heavy (non-hydrogen) atoms. The lowest BCUT2D eigenvalue weighted by Gasteiger charge is -2.27. The van der Waals surface area contributed by atoms with Crippen molar-refractivity contribution in [3.63, 3.8) is 0 Å². The highest BCUT2D eigenvalue weighted by Gasteiger charge is 2.24. The van der Waals surface area contributed by atoms with E-state index in [0.29, 0.717) is 30.0 Å². The van der Waals surface area contributed by atoms with Gasteiger partial charge in [0.1, 0.15) is 6.54 Å². The molecule has 1 N–H and O–H groups in total. The predicted octanol–water partition coefficient (Wildman–Crippen LogP) is 3.03. The van der Waals surface area contributed by atoms with Gasteiger partial charge in [0.15, 0.2) is 0 Å². The number of carbonyl (C=O) groups excluding carboxylic acids is 2. The van der Waals surface area contributed by atoms with Gasteiger partial charge in [-0.3, -0.25) is 13.9 Å². The summed E-state index contributed by atoms with van der Waals surface area (Å²) >= 11 is 0. The number of likely N-dealkylation sites (tertiary alicyclic amines) is 1. The fourth-order valence-electron chi connectivity index (χ4n) is 3.48. The van der Waals surface area contributed by atoms with E-state index in [1.165, 1.54) is 0 Å². The van der Waals surface area contributed by atoms with Gasteiger partial charge in [-0.05, 0) is 50.5 Å². The fourth-order valence-corrected chi connectivity index (χ4v) is 4.33. The number of aryl methyl sites for hydroxylation is 1. The van der Waals surface area contributed by atoms with Gasteiger partial charge in [0.2, 0.25) is 15.9 Å². The summed E-state index contributed by atoms with van der Waals surface area (Å²) in [5, 5.41) is 2.72. The molecule has 0 atom stereocenters. The van der Waals surface area contributed by atoms with Crippen molar-refractivity contribution in [1.29, 1.82) is 0 Å². The van der Waals surface area contributed by atoms with Gasteiger partial charge in [0, 0.05) is 13.1 Å². The Hall–Kier alpha value is -2.87. The van der Waals surface area contributed by atoms with Crippen molar-refractivity contribution in [3.8, 4) is 0 Å². The van der Waals surface area contributed by atoms with E-state index in [0.717, 1.165) is 35.4 Å². The molecule has 3 rings (SSSR count). The van der Waals surface area contributed by atoms with Crippen LogP contribution < -0.4 is 9.62 Å². The van der Waals surface area contributed by atoms with Crippen LogP contribution in [0.25, 0.3) is 0 Å². The topological polar surface area (TPSA) is 86.8 Å². The Labute approximate surface area is 177 Å². The summed E-state index contributed by atoms with van der Waals surface area (Å²) in [7, 11) is -3.66. The van der Waals surface area contributed by atoms with Crippen LogP contribution in [0.1, 0.15) is 35.2 Å². The van der Waals surface area contributed by atoms with Crippen LogP contribution in [0.2, 0.25) is 0 Å². The van der Waals surface area contributed by atoms with Crippen LogP contribution in [0.15, 0.2) is 48.5 Å². The molecule has 8 heteroatoms. The first kappa shape index (κ1) is 21.8. The van der Waals surface area contributed by atoms with E-state index in [-0.39, 0.29) is 12.5 Å². The normalized spacial score (nSPS) is 14.3. The maximum absolute atomic E-state index is 12.9. The number of carbonyl (C=O) groups is 2. The Balaban J connectivity index is 1.78. The van der Waals surface area contributed by atoms with Crippen LogP contribution >= 0.6 is 0 Å². The van der Waals surface area contributed by atoms with E-state index >= 15 is 0 Å². The number of sulfonamides is 1. The lowest BCUT2D eigenvalue weighted by Crippen LogP contribution is -2.38. The van der Waals surface area contributed by atoms with Crippen molar-refractivity contribution in [1.82, 2.24) is 4.90 Å². The Morgan fingerprint density at radius 1 is 1.00 bits per heavy atom. The van der Waals surface area contributed by atoms with Crippen LogP contribution in [-0.4, -0.2) is 51.0 Å². The van der Waals surface area contributed by atoms with Crippen LogP contribution in [-0.2, 0) is 14.8 Å². The zero-order valence-corrected chi connectivity index (χ0v) is 18.1. The SMILES string of the molecule is Cc1ccc(N(CC(=O)Nc2ccccc2C(=O)N2CCCCC2)S(C)(=O)=O)cc1. The highest BCUT2D eigenvalue weighted by atomic mass is 32.2. The third kappa shape index (κ3) is 5.38. The summed E-state index contributed by atoms with van der Waals surface area (Å²) in [5.74, 6) is -0.635. The molecule has 0 spiro atoms. The van der Waals surface area contributed by atoms with Gasteiger partial charge in [-0.15, -0.1) is 0 Å². The molecule has 2 aromatic rings. The van der Waals surface area contributed by atoms with E-state index in [1.807, 2.05) is 6.92 Å². The molecule has 0 saturated carbocycles. The number of hydrogen-bond acceptors (Lipinski definition) is 4. The van der Waals surface area contributed by atoms with Crippen LogP contribution in [0.3, 0.4) is 0 Å². The average molecular weight is 430 g/mol. The number of rotatable bonds is 6. The Bertz CT molecular complexity index is 1010. The zero-order chi connectivity index (χ0) is 21.7. The predicted molar refractivity (Wildman–Crippen MR) is 118 cm³/mol. The summed E-state index contributed by atoms with van der Waals surface area (Å²) in [5.41, 5.74) is 2.20. The van der Waals surface area contributed by atoms with E-state index in [1.54, 1.807) is 53.4 Å². The van der Waals surface area contributed by atoms with Crippen molar-refractivity contribution in [2.24, 2.45) is 0 Å². The quantitative estimate of drug-likeness (QED) is 0.765. The molecular formula is C22H27N3O4S. The summed E-state index contributed by atoms with van der Waals surface area (Å²) in [6.45, 7) is 2.93. The highest BCUT2D eigenvalue weighted by molar-refractivity contribution is 7.92. The molecule has 2 amide bonds. The fraction of sp³-hybridized carbons (Fsp3) is 0.364. The number of nitrogens with zero attached hydrogens (tertiary/aromatic N) is 2. The lowest BCUT2D eigenvalue weighted by atomic mass is 10.1. The number of piperidine rings is 1. The monoisotopic (exact) mass is 429 g/mol. The van der Waals surface area contributed by atoms with Crippen molar-refractivity contribution in [3.05, 3.63) is 59.7 Å². The van der Waals surface area contributed by atoms with E-state index in [4.69, 9.17) is 0 Å². The molecule has 1 fully saturated rings. The van der Waals surface area contributed by atoms with Crippen LogP contribution in [0.5, 0.6) is 0 Å². The third-order valence-corrected chi connectivity index (χ3v) is 6.22. The van der Waals surface area contributed by atoms with Crippen molar-refractivity contribution in [2.45, 2.75) is 26.2 Å². The highest BCUT2D eigenvalue weighted by Crippen LogP contribution is 2.21. The minimum atomic E-state index is -3.66. The zero-order valence-electron chi connectivity index (χ0n) is 17.3. The van der Waals surface area contributed by atoms with E-state index in [2.05, 4.69) is 5.32 Å². The second kappa shape index (κ2) is 9.30. The minimum Gasteiger partial charge on any atom is -0.339 e. The average Bonchev–Trinajstić information content (AvgIpc) is 2.72. The Morgan fingerprint density at radius 2 is 1.63 bits per heavy atom. The first-order valence-corrected chi connectivity index (χ1v) is 11.8. The molecule has 0 unspecified atom stereocenters. The second-order valence-electron chi connectivity index (χ2n) is 7.55. The smallest absolute Gasteiger partial charge is 0.255 e. The van der Waals surface area contributed by atoms with Gasteiger partial charge in [0.25, 0.3) is 5.91 Å². The molecule has 0 aromatic heterocycles. The molecule has 1 aliphatic rings. The maximum atomic E-state index is 12.9. The van der Waals surface area contributed by atoms with Gasteiger partial charge >= 0.3 is 0 Å². The summed E-state index contributed by atoms with van der Waals surface area (Å²) < 4.78 is 25.6. The Morgan fingerprint density at radius 3 is 2.27 bits per heavy atom. The molecule has 160 valence electrons. The molecular weight excluding hydrogens is 402 g/mol. The number of nitrogens with one attached hydrogen (secondary N) is 1. The number of amides is 2. The number of para-hydroxylation sites is 1. The van der Waals surface area contributed by atoms with Gasteiger partial charge in [-0.25, -0.2) is 8.42 Å². The number of anilines is 2. The van der Waals surface area contributed by atoms with Crippen LogP contribution in [0, 0.1) is 6.92 Å². The van der Waals surface area contributed by atoms with Gasteiger partial charge < -0.3 is 10.2 Å². The second-order valence-corrected chi connectivity index (χ2v) is 9.46. The molecule has 1 heterocycles. The maximum Gasteiger partial charge on any atom is 0.255 e. The van der Waals surface area contributed by atoms with Gasteiger partial charge in [-0.1, -0.05) is 29.8 Å². The summed E-state index contributed by atoms with van der Waals surface area (Å²) in [6.07, 6.45) is 4.12. The molecule has 1 aliphatic heterocycles. The van der Waals surface area contributed by atoms with Crippen LogP contribution in [0.4, 0.5) is 11.4 Å². The third-order valence-electron chi connectivity index (χ3n) is 5.08. The molecule has 0 aliphatic carbocycles. The van der Waals surface area contributed by atoms with Crippen molar-refractivity contribution >= 4 is 33.2 Å². The van der Waals surface area contributed by atoms with E-state index < -0.39 is 15.9 Å². The number of benzene rings is 2. The first-order valence-electron chi connectivity index (χ1n) is 9.98. The molecule has 0 radical (unpaired) electrons. The first-order chi connectivity index (χ1) is 14.3. The molecule has 0 bridgehead atoms. The minimum absolute atomic E-state index is 0.121. The standard InChI is InChI=1S/C22H27N3O4S/c1-17-10-12-18(13-11-17)25(30(2,28)29)16-21(26)23-20-9-5-4-8-19(20)22(27)24-14-6-3-7-15-24/h4-5,8-13H,3,6-7,14-16H2,1-2H3,(H,23,26). The molecule has 1 saturated heterocycles. The lowest BCUT2D eigenvalue weighted by molar-refractivity contribution is -0.114. The summed E-state index contributed by atoms with van der Waals surface area (Å²) in [4.78, 5) is 27.4. The molecule has 7 nitrogen and oxygen atoms in total. The largest absolute Gasteiger partial charge is 0.339 e. The van der Waals surface area contributed by atoms with Gasteiger partial charge in [0.05, 0.1) is 23.2 Å². The van der Waals surface area contributed by atoms with E-state index in [9.17, 15) is 18.0 Å². The summed E-state index contributed by atoms with van der Waals surface area (Å²) in [6, 6.07) is 13.7. The molecule has 2 aromatic carbocycles. The van der Waals surface area contributed by atoms with Crippen molar-refractivity contribution in [2.75, 3.05) is 35.5 Å².